The Morgan fingerprint density at radius 3 is 2.52 bits per heavy atom. The molecule has 0 aliphatic carbocycles. The van der Waals surface area contributed by atoms with Crippen LogP contribution in [0.25, 0.3) is 0 Å². The fraction of sp³-hybridized carbons (Fsp3) is 0.562. The van der Waals surface area contributed by atoms with Gasteiger partial charge in [-0.05, 0) is 31.4 Å². The van der Waals surface area contributed by atoms with Crippen LogP contribution in [0.5, 0.6) is 0 Å². The van der Waals surface area contributed by atoms with Crippen molar-refractivity contribution < 1.29 is 9.59 Å². The SMILES string of the molecule is CC(=O)N1CCC[C@]2(CCN(C(=O)c3ccncc3)C2)C1. The highest BCUT2D eigenvalue weighted by molar-refractivity contribution is 5.94. The van der Waals surface area contributed by atoms with E-state index in [1.54, 1.807) is 31.5 Å². The quantitative estimate of drug-likeness (QED) is 0.787. The summed E-state index contributed by atoms with van der Waals surface area (Å²) in [6.07, 6.45) is 6.44. The van der Waals surface area contributed by atoms with E-state index < -0.39 is 0 Å². The van der Waals surface area contributed by atoms with Gasteiger partial charge in [0.05, 0.1) is 0 Å². The Balaban J connectivity index is 1.70. The summed E-state index contributed by atoms with van der Waals surface area (Å²) in [5.41, 5.74) is 0.799. The molecular weight excluding hydrogens is 266 g/mol. The maximum atomic E-state index is 12.5. The van der Waals surface area contributed by atoms with Gasteiger partial charge >= 0.3 is 0 Å². The van der Waals surface area contributed by atoms with Crippen LogP contribution in [0, 0.1) is 5.41 Å². The van der Waals surface area contributed by atoms with Gasteiger partial charge in [-0.15, -0.1) is 0 Å². The molecule has 1 atom stereocenters. The van der Waals surface area contributed by atoms with Crippen molar-refractivity contribution in [3.63, 3.8) is 0 Å². The largest absolute Gasteiger partial charge is 0.342 e. The summed E-state index contributed by atoms with van der Waals surface area (Å²) >= 11 is 0. The summed E-state index contributed by atoms with van der Waals surface area (Å²) in [6, 6.07) is 3.52. The zero-order valence-corrected chi connectivity index (χ0v) is 12.4. The highest BCUT2D eigenvalue weighted by Gasteiger charge is 2.43. The van der Waals surface area contributed by atoms with E-state index in [4.69, 9.17) is 0 Å². The Morgan fingerprint density at radius 1 is 1.10 bits per heavy atom. The minimum Gasteiger partial charge on any atom is -0.342 e. The first-order valence-electron chi connectivity index (χ1n) is 7.55. The topological polar surface area (TPSA) is 53.5 Å². The summed E-state index contributed by atoms with van der Waals surface area (Å²) in [5, 5.41) is 0. The van der Waals surface area contributed by atoms with Crippen molar-refractivity contribution in [2.45, 2.75) is 26.2 Å². The van der Waals surface area contributed by atoms with Gasteiger partial charge in [-0.1, -0.05) is 0 Å². The second kappa shape index (κ2) is 5.47. The fourth-order valence-corrected chi connectivity index (χ4v) is 3.60. The number of piperidine rings is 1. The molecular formula is C16H21N3O2. The van der Waals surface area contributed by atoms with Crippen molar-refractivity contribution in [1.82, 2.24) is 14.8 Å². The molecule has 1 aromatic rings. The summed E-state index contributed by atoms with van der Waals surface area (Å²) in [4.78, 5) is 31.9. The lowest BCUT2D eigenvalue weighted by molar-refractivity contribution is -0.132. The van der Waals surface area contributed by atoms with Crippen LogP contribution in [0.1, 0.15) is 36.5 Å². The Labute approximate surface area is 124 Å². The summed E-state index contributed by atoms with van der Waals surface area (Å²) in [6.45, 7) is 4.83. The number of hydrogen-bond donors (Lipinski definition) is 0. The van der Waals surface area contributed by atoms with E-state index in [9.17, 15) is 9.59 Å². The number of rotatable bonds is 1. The summed E-state index contributed by atoms with van der Waals surface area (Å²) in [5.74, 6) is 0.224. The van der Waals surface area contributed by atoms with Crippen LogP contribution >= 0.6 is 0 Å². The summed E-state index contributed by atoms with van der Waals surface area (Å²) in [7, 11) is 0. The van der Waals surface area contributed by atoms with Crippen molar-refractivity contribution in [2.75, 3.05) is 26.2 Å². The Kier molecular flexibility index (Phi) is 3.66. The van der Waals surface area contributed by atoms with Gasteiger partial charge in [0.2, 0.25) is 5.91 Å². The van der Waals surface area contributed by atoms with Crippen molar-refractivity contribution in [1.29, 1.82) is 0 Å². The molecule has 0 radical (unpaired) electrons. The number of pyridine rings is 1. The molecule has 0 N–H and O–H groups in total. The molecule has 2 aliphatic rings. The molecule has 3 rings (SSSR count). The van der Waals surface area contributed by atoms with Crippen LogP contribution in [0.3, 0.4) is 0 Å². The van der Waals surface area contributed by atoms with Crippen LogP contribution in [-0.4, -0.2) is 52.8 Å². The molecule has 2 aliphatic heterocycles. The first-order valence-corrected chi connectivity index (χ1v) is 7.55. The lowest BCUT2D eigenvalue weighted by Gasteiger charge is -2.40. The predicted octanol–water partition coefficient (Wildman–Crippen LogP) is 1.56. The number of amides is 2. The van der Waals surface area contributed by atoms with E-state index in [0.717, 1.165) is 45.4 Å². The maximum absolute atomic E-state index is 12.5. The molecule has 0 unspecified atom stereocenters. The average molecular weight is 287 g/mol. The third-order valence-corrected chi connectivity index (χ3v) is 4.76. The first kappa shape index (κ1) is 14.0. The number of aromatic nitrogens is 1. The average Bonchev–Trinajstić information content (AvgIpc) is 2.91. The third kappa shape index (κ3) is 2.77. The van der Waals surface area contributed by atoms with Gasteiger partial charge < -0.3 is 9.80 Å². The smallest absolute Gasteiger partial charge is 0.253 e. The maximum Gasteiger partial charge on any atom is 0.253 e. The van der Waals surface area contributed by atoms with Crippen molar-refractivity contribution in [2.24, 2.45) is 5.41 Å². The van der Waals surface area contributed by atoms with Gasteiger partial charge in [0, 0.05) is 56.5 Å². The molecule has 21 heavy (non-hydrogen) atoms. The molecule has 2 fully saturated rings. The van der Waals surface area contributed by atoms with Crippen LogP contribution in [0.15, 0.2) is 24.5 Å². The molecule has 2 amide bonds. The molecule has 1 aromatic heterocycles. The predicted molar refractivity (Wildman–Crippen MR) is 78.7 cm³/mol. The zero-order valence-electron chi connectivity index (χ0n) is 12.4. The van der Waals surface area contributed by atoms with Gasteiger partial charge in [-0.3, -0.25) is 14.6 Å². The van der Waals surface area contributed by atoms with Crippen LogP contribution < -0.4 is 0 Å². The number of likely N-dealkylation sites (tertiary alicyclic amines) is 2. The Morgan fingerprint density at radius 2 is 1.81 bits per heavy atom. The van der Waals surface area contributed by atoms with Crippen LogP contribution in [-0.2, 0) is 4.79 Å². The second-order valence-corrected chi connectivity index (χ2v) is 6.26. The van der Waals surface area contributed by atoms with Gasteiger partial charge in [0.1, 0.15) is 0 Å². The molecule has 5 nitrogen and oxygen atoms in total. The van der Waals surface area contributed by atoms with Gasteiger partial charge in [-0.2, -0.15) is 0 Å². The van der Waals surface area contributed by atoms with Gasteiger partial charge in [0.25, 0.3) is 5.91 Å². The molecule has 2 saturated heterocycles. The highest BCUT2D eigenvalue weighted by atomic mass is 16.2. The molecule has 3 heterocycles. The lowest BCUT2D eigenvalue weighted by atomic mass is 9.79. The van der Waals surface area contributed by atoms with Crippen molar-refractivity contribution in [3.05, 3.63) is 30.1 Å². The molecule has 112 valence electrons. The van der Waals surface area contributed by atoms with E-state index in [1.807, 2.05) is 9.80 Å². The second-order valence-electron chi connectivity index (χ2n) is 6.26. The van der Waals surface area contributed by atoms with E-state index in [0.29, 0.717) is 5.56 Å². The lowest BCUT2D eigenvalue weighted by Crippen LogP contribution is -2.47. The molecule has 1 spiro atoms. The standard InChI is InChI=1S/C16H21N3O2/c1-13(20)18-9-2-5-16(11-18)6-10-19(12-16)15(21)14-3-7-17-8-4-14/h3-4,7-8H,2,5-6,9-12H2,1H3/t16-/m0/s1. The Bertz CT molecular complexity index is 546. The fourth-order valence-electron chi connectivity index (χ4n) is 3.60. The number of carbonyl (C=O) groups is 2. The Hall–Kier alpha value is -1.91. The van der Waals surface area contributed by atoms with Crippen LogP contribution in [0.2, 0.25) is 0 Å². The highest BCUT2D eigenvalue weighted by Crippen LogP contribution is 2.39. The van der Waals surface area contributed by atoms with Gasteiger partial charge in [0.15, 0.2) is 0 Å². The van der Waals surface area contributed by atoms with Crippen molar-refractivity contribution in [3.8, 4) is 0 Å². The minimum atomic E-state index is 0.0780. The van der Waals surface area contributed by atoms with E-state index in [1.165, 1.54) is 0 Å². The third-order valence-electron chi connectivity index (χ3n) is 4.76. The first-order chi connectivity index (χ1) is 10.1. The molecule has 0 bridgehead atoms. The molecule has 0 saturated carbocycles. The van der Waals surface area contributed by atoms with E-state index in [2.05, 4.69) is 4.98 Å². The van der Waals surface area contributed by atoms with Crippen molar-refractivity contribution >= 4 is 11.8 Å². The monoisotopic (exact) mass is 287 g/mol. The van der Waals surface area contributed by atoms with Gasteiger partial charge in [-0.25, -0.2) is 0 Å². The number of nitrogens with zero attached hydrogens (tertiary/aromatic N) is 3. The van der Waals surface area contributed by atoms with E-state index in [-0.39, 0.29) is 17.2 Å². The summed E-state index contributed by atoms with van der Waals surface area (Å²) < 4.78 is 0. The molecule has 5 heteroatoms. The normalized spacial score (nSPS) is 25.4. The minimum absolute atomic E-state index is 0.0780. The van der Waals surface area contributed by atoms with Crippen LogP contribution in [0.4, 0.5) is 0 Å². The zero-order chi connectivity index (χ0) is 14.9. The van der Waals surface area contributed by atoms with E-state index >= 15 is 0 Å². The number of carbonyl (C=O) groups excluding carboxylic acids is 2. The number of hydrogen-bond acceptors (Lipinski definition) is 3. The molecule has 0 aromatic carbocycles.